The topological polar surface area (TPSA) is 97.4 Å². The van der Waals surface area contributed by atoms with Crippen LogP contribution in [0.25, 0.3) is 0 Å². The van der Waals surface area contributed by atoms with Gasteiger partial charge in [0.2, 0.25) is 0 Å². The molecule has 1 rings (SSSR count). The number of ether oxygens (including phenoxy) is 5. The van der Waals surface area contributed by atoms with E-state index in [2.05, 4.69) is 13.8 Å². The molecule has 0 fully saturated rings. The molecule has 8 nitrogen and oxygen atoms in total. The van der Waals surface area contributed by atoms with Crippen molar-refractivity contribution >= 4 is 17.9 Å². The van der Waals surface area contributed by atoms with Gasteiger partial charge in [-0.1, -0.05) is 78.1 Å². The van der Waals surface area contributed by atoms with Crippen LogP contribution in [0, 0.1) is 0 Å². The number of unbranched alkanes of at least 4 members (excludes halogenated alkanes) is 10. The molecular weight excluding hydrogens is 512 g/mol. The van der Waals surface area contributed by atoms with Crippen LogP contribution in [0.2, 0.25) is 0 Å². The molecule has 0 saturated heterocycles. The maximum atomic E-state index is 12.2. The molecule has 8 heteroatoms. The summed E-state index contributed by atoms with van der Waals surface area (Å²) in [7, 11) is 0. The summed E-state index contributed by atoms with van der Waals surface area (Å²) >= 11 is 0. The van der Waals surface area contributed by atoms with Crippen LogP contribution < -0.4 is 9.47 Å². The van der Waals surface area contributed by atoms with Crippen LogP contribution in [0.1, 0.15) is 124 Å². The first kappa shape index (κ1) is 35.3. The van der Waals surface area contributed by atoms with E-state index in [-0.39, 0.29) is 6.61 Å². The highest BCUT2D eigenvalue weighted by Crippen LogP contribution is 2.25. The zero-order valence-corrected chi connectivity index (χ0v) is 25.5. The van der Waals surface area contributed by atoms with Gasteiger partial charge in [0.15, 0.2) is 6.61 Å². The van der Waals surface area contributed by atoms with E-state index in [1.165, 1.54) is 51.4 Å². The highest BCUT2D eigenvalue weighted by atomic mass is 16.6. The molecule has 0 spiro atoms. The van der Waals surface area contributed by atoms with Gasteiger partial charge >= 0.3 is 17.9 Å². The van der Waals surface area contributed by atoms with E-state index >= 15 is 0 Å². The standard InChI is InChI=1S/C32H52O8/c1-6-8-10-12-14-16-18-36-27-20-26(21-28(22-27)37-19-17-15-13-11-9-7-2)24-38-29(33)23-30(34)39-25-31(35)40-32(3,4)5/h20-22H,6-19,23-25H2,1-5H3. The summed E-state index contributed by atoms with van der Waals surface area (Å²) in [4.78, 5) is 35.8. The summed E-state index contributed by atoms with van der Waals surface area (Å²) in [6, 6.07) is 5.51. The molecule has 0 N–H and O–H groups in total. The Labute approximate surface area is 241 Å². The number of hydrogen-bond donors (Lipinski definition) is 0. The molecule has 0 saturated carbocycles. The molecule has 0 atom stereocenters. The molecule has 0 aliphatic heterocycles. The van der Waals surface area contributed by atoms with Crippen LogP contribution in [0.5, 0.6) is 11.5 Å². The molecule has 0 amide bonds. The maximum Gasteiger partial charge on any atom is 0.344 e. The lowest BCUT2D eigenvalue weighted by Crippen LogP contribution is -2.27. The smallest absolute Gasteiger partial charge is 0.344 e. The number of carbonyl (C=O) groups excluding carboxylic acids is 3. The van der Waals surface area contributed by atoms with Gasteiger partial charge in [0.25, 0.3) is 0 Å². The van der Waals surface area contributed by atoms with Crippen LogP contribution >= 0.6 is 0 Å². The average molecular weight is 565 g/mol. The Morgan fingerprint density at radius 3 is 1.60 bits per heavy atom. The van der Waals surface area contributed by atoms with Gasteiger partial charge in [-0.3, -0.25) is 9.59 Å². The predicted molar refractivity (Wildman–Crippen MR) is 155 cm³/mol. The zero-order chi connectivity index (χ0) is 29.6. The van der Waals surface area contributed by atoms with Crippen molar-refractivity contribution in [1.82, 2.24) is 0 Å². The molecule has 0 heterocycles. The van der Waals surface area contributed by atoms with E-state index < -0.39 is 36.5 Å². The second kappa shape index (κ2) is 21.0. The lowest BCUT2D eigenvalue weighted by Gasteiger charge is -2.19. The monoisotopic (exact) mass is 564 g/mol. The normalized spacial score (nSPS) is 11.1. The molecule has 0 radical (unpaired) electrons. The van der Waals surface area contributed by atoms with Crippen LogP contribution in [-0.2, 0) is 35.2 Å². The van der Waals surface area contributed by atoms with E-state index in [9.17, 15) is 14.4 Å². The fourth-order valence-corrected chi connectivity index (χ4v) is 3.92. The Bertz CT molecular complexity index is 823. The first-order chi connectivity index (χ1) is 19.1. The van der Waals surface area contributed by atoms with Crippen molar-refractivity contribution in [2.75, 3.05) is 19.8 Å². The summed E-state index contributed by atoms with van der Waals surface area (Å²) < 4.78 is 27.2. The second-order valence-electron chi connectivity index (χ2n) is 11.1. The van der Waals surface area contributed by atoms with Crippen molar-refractivity contribution in [3.8, 4) is 11.5 Å². The van der Waals surface area contributed by atoms with E-state index in [1.807, 2.05) is 18.2 Å². The van der Waals surface area contributed by atoms with Crippen molar-refractivity contribution < 1.29 is 38.1 Å². The van der Waals surface area contributed by atoms with Crippen LogP contribution in [0.3, 0.4) is 0 Å². The number of carbonyl (C=O) groups is 3. The van der Waals surface area contributed by atoms with Crippen molar-refractivity contribution in [2.24, 2.45) is 0 Å². The van der Waals surface area contributed by atoms with Gasteiger partial charge < -0.3 is 23.7 Å². The van der Waals surface area contributed by atoms with Crippen molar-refractivity contribution in [3.05, 3.63) is 23.8 Å². The van der Waals surface area contributed by atoms with Crippen molar-refractivity contribution in [2.45, 2.75) is 130 Å². The van der Waals surface area contributed by atoms with E-state index in [0.29, 0.717) is 30.3 Å². The second-order valence-corrected chi connectivity index (χ2v) is 11.1. The highest BCUT2D eigenvalue weighted by Gasteiger charge is 2.19. The lowest BCUT2D eigenvalue weighted by atomic mass is 10.1. The van der Waals surface area contributed by atoms with Crippen molar-refractivity contribution in [3.63, 3.8) is 0 Å². The molecule has 0 aliphatic rings. The quantitative estimate of drug-likeness (QED) is 0.0619. The molecule has 0 aliphatic carbocycles. The van der Waals surface area contributed by atoms with Crippen LogP contribution in [-0.4, -0.2) is 43.3 Å². The van der Waals surface area contributed by atoms with Gasteiger partial charge in [0.05, 0.1) is 13.2 Å². The Morgan fingerprint density at radius 2 is 1.10 bits per heavy atom. The maximum absolute atomic E-state index is 12.2. The van der Waals surface area contributed by atoms with E-state index in [4.69, 9.17) is 23.7 Å². The van der Waals surface area contributed by atoms with E-state index in [1.54, 1.807) is 20.8 Å². The summed E-state index contributed by atoms with van der Waals surface area (Å²) in [5.41, 5.74) is 0.0147. The molecule has 0 aromatic heterocycles. The predicted octanol–water partition coefficient (Wildman–Crippen LogP) is 7.48. The highest BCUT2D eigenvalue weighted by molar-refractivity contribution is 5.92. The third kappa shape index (κ3) is 19.3. The largest absolute Gasteiger partial charge is 0.493 e. The summed E-state index contributed by atoms with van der Waals surface area (Å²) in [6.45, 7) is 10.2. The number of rotatable bonds is 22. The van der Waals surface area contributed by atoms with Crippen LogP contribution in [0.15, 0.2) is 18.2 Å². The fourth-order valence-electron chi connectivity index (χ4n) is 3.92. The first-order valence-electron chi connectivity index (χ1n) is 15.1. The molecule has 0 bridgehead atoms. The molecule has 0 unspecified atom stereocenters. The summed E-state index contributed by atoms with van der Waals surface area (Å²) in [5.74, 6) is -0.953. The first-order valence-corrected chi connectivity index (χ1v) is 15.1. The number of esters is 3. The van der Waals surface area contributed by atoms with Gasteiger partial charge in [-0.15, -0.1) is 0 Å². The number of benzene rings is 1. The molecular formula is C32H52O8. The Kier molecular flexibility index (Phi) is 18.5. The minimum absolute atomic E-state index is 0.0419. The molecule has 228 valence electrons. The molecule has 1 aromatic carbocycles. The minimum atomic E-state index is -0.852. The van der Waals surface area contributed by atoms with Gasteiger partial charge in [-0.2, -0.15) is 0 Å². The Hall–Kier alpha value is -2.77. The summed E-state index contributed by atoms with van der Waals surface area (Å²) in [5, 5.41) is 0. The fraction of sp³-hybridized carbons (Fsp3) is 0.719. The van der Waals surface area contributed by atoms with Gasteiger partial charge in [-0.05, 0) is 51.3 Å². The van der Waals surface area contributed by atoms with Crippen molar-refractivity contribution in [1.29, 1.82) is 0 Å². The summed E-state index contributed by atoms with van der Waals surface area (Å²) in [6.07, 6.45) is 13.5. The number of hydrogen-bond acceptors (Lipinski definition) is 8. The zero-order valence-electron chi connectivity index (χ0n) is 25.5. The third-order valence-corrected chi connectivity index (χ3v) is 5.93. The third-order valence-electron chi connectivity index (χ3n) is 5.93. The Morgan fingerprint density at radius 1 is 0.625 bits per heavy atom. The molecule has 40 heavy (non-hydrogen) atoms. The van der Waals surface area contributed by atoms with Gasteiger partial charge in [0, 0.05) is 6.07 Å². The Balaban J connectivity index is 2.59. The van der Waals surface area contributed by atoms with E-state index in [0.717, 1.165) is 25.7 Å². The van der Waals surface area contributed by atoms with Gasteiger partial charge in [0.1, 0.15) is 30.1 Å². The van der Waals surface area contributed by atoms with Gasteiger partial charge in [-0.25, -0.2) is 4.79 Å². The SMILES string of the molecule is CCCCCCCCOc1cc(COC(=O)CC(=O)OCC(=O)OC(C)(C)C)cc(OCCCCCCCC)c1. The van der Waals surface area contributed by atoms with Crippen LogP contribution in [0.4, 0.5) is 0 Å². The average Bonchev–Trinajstić information content (AvgIpc) is 2.89. The minimum Gasteiger partial charge on any atom is -0.493 e. The lowest BCUT2D eigenvalue weighted by molar-refractivity contribution is -0.168. The molecule has 1 aromatic rings.